The van der Waals surface area contributed by atoms with Crippen LogP contribution in [0.5, 0.6) is 0 Å². The molecular formula is C24H22Cl2F3N3O3. The van der Waals surface area contributed by atoms with Crippen LogP contribution in [0.4, 0.5) is 13.2 Å². The normalized spacial score (nSPS) is 18.8. The molecule has 0 spiro atoms. The summed E-state index contributed by atoms with van der Waals surface area (Å²) in [7, 11) is 1.43. The van der Waals surface area contributed by atoms with Crippen LogP contribution in [0, 0.1) is 12.8 Å². The van der Waals surface area contributed by atoms with Gasteiger partial charge in [-0.25, -0.2) is 4.98 Å². The molecule has 1 N–H and O–H groups in total. The van der Waals surface area contributed by atoms with Crippen molar-refractivity contribution in [3.63, 3.8) is 0 Å². The van der Waals surface area contributed by atoms with Gasteiger partial charge in [0.1, 0.15) is 11.3 Å². The molecule has 1 fully saturated rings. The molecule has 0 saturated carbocycles. The van der Waals surface area contributed by atoms with Crippen molar-refractivity contribution in [2.45, 2.75) is 32.5 Å². The van der Waals surface area contributed by atoms with Crippen molar-refractivity contribution in [3.8, 4) is 0 Å². The zero-order valence-corrected chi connectivity index (χ0v) is 20.6. The van der Waals surface area contributed by atoms with Gasteiger partial charge in [-0.15, -0.1) is 0 Å². The van der Waals surface area contributed by atoms with Crippen LogP contribution >= 0.6 is 23.2 Å². The number of hydrogen-bond donors (Lipinski definition) is 1. The van der Waals surface area contributed by atoms with Gasteiger partial charge in [-0.05, 0) is 49.1 Å². The van der Waals surface area contributed by atoms with Gasteiger partial charge >= 0.3 is 6.18 Å². The predicted octanol–water partition coefficient (Wildman–Crippen LogP) is 5.28. The number of nitrogens with zero attached hydrogens (tertiary/aromatic N) is 3. The molecule has 3 aromatic rings. The number of rotatable bonds is 3. The molecule has 1 aliphatic heterocycles. The Morgan fingerprint density at radius 2 is 1.89 bits per heavy atom. The lowest BCUT2D eigenvalue weighted by atomic mass is 9.95. The van der Waals surface area contributed by atoms with Crippen LogP contribution in [-0.4, -0.2) is 50.4 Å². The molecule has 1 saturated heterocycles. The third-order valence-electron chi connectivity index (χ3n) is 6.42. The third kappa shape index (κ3) is 4.52. The molecule has 2 atom stereocenters. The van der Waals surface area contributed by atoms with Gasteiger partial charge in [-0.2, -0.15) is 13.2 Å². The van der Waals surface area contributed by atoms with Crippen LogP contribution in [0.25, 0.3) is 11.0 Å². The number of likely N-dealkylation sites (tertiary alicyclic amines) is 1. The Labute approximate surface area is 209 Å². The minimum absolute atomic E-state index is 0.00454. The molecule has 1 amide bonds. The van der Waals surface area contributed by atoms with Crippen molar-refractivity contribution < 1.29 is 27.9 Å². The number of hydrogen-bond acceptors (Lipinski definition) is 4. The number of aliphatic hydroxyl groups is 1. The highest BCUT2D eigenvalue weighted by Crippen LogP contribution is 2.35. The molecular weight excluding hydrogens is 506 g/mol. The van der Waals surface area contributed by atoms with Crippen LogP contribution in [-0.2, 0) is 13.2 Å². The molecule has 4 rings (SSSR count). The fraction of sp³-hybridized carbons (Fsp3) is 0.375. The summed E-state index contributed by atoms with van der Waals surface area (Å²) in [5.74, 6) is -1.16. The van der Waals surface area contributed by atoms with E-state index in [0.29, 0.717) is 30.5 Å². The largest absolute Gasteiger partial charge is 0.433 e. The zero-order chi connectivity index (χ0) is 25.8. The summed E-state index contributed by atoms with van der Waals surface area (Å²) in [6.45, 7) is 4.01. The number of benzene rings is 1. The van der Waals surface area contributed by atoms with E-state index in [2.05, 4.69) is 4.98 Å². The fourth-order valence-electron chi connectivity index (χ4n) is 4.35. The Balaban J connectivity index is 1.77. The van der Waals surface area contributed by atoms with Crippen molar-refractivity contribution in [1.82, 2.24) is 14.5 Å². The number of aliphatic hydroxyl groups excluding tert-OH is 1. The van der Waals surface area contributed by atoms with Gasteiger partial charge in [0.2, 0.25) is 5.78 Å². The highest BCUT2D eigenvalue weighted by Gasteiger charge is 2.34. The maximum atomic E-state index is 13.5. The Morgan fingerprint density at radius 1 is 1.20 bits per heavy atom. The van der Waals surface area contributed by atoms with Crippen molar-refractivity contribution >= 4 is 45.9 Å². The molecule has 11 heteroatoms. The molecule has 6 nitrogen and oxygen atoms in total. The summed E-state index contributed by atoms with van der Waals surface area (Å²) in [6, 6.07) is 5.19. The summed E-state index contributed by atoms with van der Waals surface area (Å²) in [5.41, 5.74) is -0.787. The van der Waals surface area contributed by atoms with E-state index in [1.54, 1.807) is 4.90 Å². The zero-order valence-electron chi connectivity index (χ0n) is 19.1. The lowest BCUT2D eigenvalue weighted by molar-refractivity contribution is -0.141. The highest BCUT2D eigenvalue weighted by molar-refractivity contribution is 6.42. The lowest BCUT2D eigenvalue weighted by Gasteiger charge is -2.34. The Hall–Kier alpha value is -2.62. The minimum atomic E-state index is -4.64. The molecule has 1 aliphatic rings. The molecule has 0 unspecified atom stereocenters. The van der Waals surface area contributed by atoms with E-state index in [9.17, 15) is 27.9 Å². The number of aromatic nitrogens is 2. The summed E-state index contributed by atoms with van der Waals surface area (Å²) in [6.07, 6.45) is -4.72. The van der Waals surface area contributed by atoms with E-state index in [-0.39, 0.29) is 38.4 Å². The van der Waals surface area contributed by atoms with Crippen molar-refractivity contribution in [3.05, 3.63) is 62.4 Å². The van der Waals surface area contributed by atoms with Gasteiger partial charge in [0.15, 0.2) is 0 Å². The van der Waals surface area contributed by atoms with Gasteiger partial charge < -0.3 is 14.6 Å². The third-order valence-corrected chi connectivity index (χ3v) is 7.13. The number of carbonyl (C=O) groups is 2. The average molecular weight is 528 g/mol. The molecule has 35 heavy (non-hydrogen) atoms. The summed E-state index contributed by atoms with van der Waals surface area (Å²) >= 11 is 12.8. The van der Waals surface area contributed by atoms with Crippen LogP contribution in [0.1, 0.15) is 51.0 Å². The molecule has 0 aliphatic carbocycles. The first-order valence-electron chi connectivity index (χ1n) is 10.9. The molecule has 186 valence electrons. The molecule has 0 bridgehead atoms. The van der Waals surface area contributed by atoms with Crippen molar-refractivity contribution in [1.29, 1.82) is 0 Å². The van der Waals surface area contributed by atoms with Crippen molar-refractivity contribution in [2.75, 3.05) is 13.1 Å². The Bertz CT molecular complexity index is 1350. The van der Waals surface area contributed by atoms with Gasteiger partial charge in [-0.3, -0.25) is 9.59 Å². The average Bonchev–Trinajstić information content (AvgIpc) is 3.12. The fourth-order valence-corrected chi connectivity index (χ4v) is 4.98. The Morgan fingerprint density at radius 3 is 2.51 bits per heavy atom. The number of amides is 1. The quantitative estimate of drug-likeness (QED) is 0.470. The predicted molar refractivity (Wildman–Crippen MR) is 126 cm³/mol. The number of ketones is 1. The van der Waals surface area contributed by atoms with Gasteiger partial charge in [0.25, 0.3) is 5.91 Å². The number of piperidine rings is 1. The highest BCUT2D eigenvalue weighted by atomic mass is 35.5. The number of carbonyl (C=O) groups excluding carboxylic acids is 2. The molecule has 0 radical (unpaired) electrons. The maximum Gasteiger partial charge on any atom is 0.433 e. The van der Waals surface area contributed by atoms with E-state index in [0.717, 1.165) is 6.07 Å². The number of halogens is 5. The van der Waals surface area contributed by atoms with Crippen LogP contribution < -0.4 is 0 Å². The minimum Gasteiger partial charge on any atom is -0.393 e. The van der Waals surface area contributed by atoms with E-state index in [1.807, 2.05) is 6.92 Å². The number of fused-ring (bicyclic) bond motifs is 1. The molecule has 3 heterocycles. The van der Waals surface area contributed by atoms with Crippen LogP contribution in [0.3, 0.4) is 0 Å². The number of aryl methyl sites for hydroxylation is 2. The van der Waals surface area contributed by atoms with Crippen LogP contribution in [0.2, 0.25) is 10.0 Å². The van der Waals surface area contributed by atoms with E-state index < -0.39 is 29.7 Å². The maximum absolute atomic E-state index is 13.5. The smallest absolute Gasteiger partial charge is 0.393 e. The second-order valence-corrected chi connectivity index (χ2v) is 9.63. The van der Waals surface area contributed by atoms with Crippen LogP contribution in [0.15, 0.2) is 24.3 Å². The standard InChI is InChI=1S/C24H22Cl2F3N3O3/c1-11-8-18(24(27,28)29)30-22-14(11)9-16(31(22)3)21(34)19-15(25)5-4-13(20(19)26)23(35)32-7-6-17(33)12(2)10-32/h4-5,8-9,12,17,33H,6-7,10H2,1-3H3/t12-,17-/m1/s1. The second-order valence-electron chi connectivity index (χ2n) is 8.85. The van der Waals surface area contributed by atoms with Gasteiger partial charge in [0, 0.05) is 25.5 Å². The summed E-state index contributed by atoms with van der Waals surface area (Å²) in [5, 5.41) is 10.2. The topological polar surface area (TPSA) is 75.4 Å². The van der Waals surface area contributed by atoms with Gasteiger partial charge in [-0.1, -0.05) is 30.1 Å². The summed E-state index contributed by atoms with van der Waals surface area (Å²) in [4.78, 5) is 31.9. The first-order chi connectivity index (χ1) is 16.3. The van der Waals surface area contributed by atoms with Crippen molar-refractivity contribution in [2.24, 2.45) is 13.0 Å². The number of alkyl halides is 3. The second kappa shape index (κ2) is 9.11. The first-order valence-corrected chi connectivity index (χ1v) is 11.6. The summed E-state index contributed by atoms with van der Waals surface area (Å²) < 4.78 is 41.0. The number of pyridine rings is 1. The molecule has 1 aromatic carbocycles. The van der Waals surface area contributed by atoms with Gasteiger partial charge in [0.05, 0.1) is 33.0 Å². The van der Waals surface area contributed by atoms with E-state index in [1.165, 1.54) is 36.7 Å². The SMILES string of the molecule is Cc1cc(C(F)(F)F)nc2c1cc(C(=O)c1c(Cl)ccc(C(=O)N3CC[C@@H](O)[C@H](C)C3)c1Cl)n2C. The monoisotopic (exact) mass is 527 g/mol. The lowest BCUT2D eigenvalue weighted by Crippen LogP contribution is -2.45. The van der Waals surface area contributed by atoms with E-state index >= 15 is 0 Å². The van der Waals surface area contributed by atoms with E-state index in [4.69, 9.17) is 23.2 Å². The molecule has 2 aromatic heterocycles. The first kappa shape index (κ1) is 25.5. The Kier molecular flexibility index (Phi) is 6.63.